The second-order valence-electron chi connectivity index (χ2n) is 9.29. The van der Waals surface area contributed by atoms with Crippen LogP contribution in [0.4, 0.5) is 4.39 Å². The Morgan fingerprint density at radius 2 is 1.71 bits per heavy atom. The lowest BCUT2D eigenvalue weighted by atomic mass is 10.0. The molecular formula is C25H28FN3O4S2. The first-order chi connectivity index (χ1) is 16.8. The average molecular weight is 518 g/mol. The summed E-state index contributed by atoms with van der Waals surface area (Å²) in [6.45, 7) is 4.26. The molecule has 0 spiro atoms. The van der Waals surface area contributed by atoms with Crippen LogP contribution >= 0.6 is 11.3 Å². The van der Waals surface area contributed by atoms with Gasteiger partial charge in [0.1, 0.15) is 17.4 Å². The van der Waals surface area contributed by atoms with Gasteiger partial charge in [0, 0.05) is 44.6 Å². The van der Waals surface area contributed by atoms with Crippen molar-refractivity contribution in [2.45, 2.75) is 43.6 Å². The van der Waals surface area contributed by atoms with Crippen molar-refractivity contribution < 1.29 is 22.3 Å². The Kier molecular flexibility index (Phi) is 6.78. The molecule has 0 saturated carbocycles. The predicted molar refractivity (Wildman–Crippen MR) is 133 cm³/mol. The second-order valence-corrected chi connectivity index (χ2v) is 12.2. The van der Waals surface area contributed by atoms with E-state index in [-0.39, 0.29) is 22.7 Å². The van der Waals surface area contributed by atoms with Gasteiger partial charge in [-0.05, 0) is 55.2 Å². The van der Waals surface area contributed by atoms with Crippen LogP contribution in [0.1, 0.15) is 43.0 Å². The van der Waals surface area contributed by atoms with Crippen LogP contribution < -0.4 is 4.74 Å². The van der Waals surface area contributed by atoms with Crippen LogP contribution in [0, 0.1) is 11.7 Å². The van der Waals surface area contributed by atoms with Crippen LogP contribution in [0.15, 0.2) is 47.4 Å². The van der Waals surface area contributed by atoms with Crippen molar-refractivity contribution in [2.24, 2.45) is 5.92 Å². The minimum atomic E-state index is -3.54. The van der Waals surface area contributed by atoms with Crippen LogP contribution in [0.25, 0.3) is 10.2 Å². The zero-order chi connectivity index (χ0) is 24.6. The normalized spacial score (nSPS) is 18.7. The number of carbonyl (C=O) groups is 1. The van der Waals surface area contributed by atoms with Gasteiger partial charge in [-0.3, -0.25) is 4.79 Å². The zero-order valence-electron chi connectivity index (χ0n) is 19.5. The number of nitrogens with zero attached hydrogens (tertiary/aromatic N) is 3. The standard InChI is InChI=1S/C25H28FN3O4S2/c1-17-9-15-29(16-10-17)35(31,32)20-7-5-18(6-8-20)24(30)28-13-11-19(12-14-28)33-25-27-23-21(26)3-2-4-22(23)34-25/h2-8,17,19H,9-16H2,1H3. The van der Waals surface area contributed by atoms with E-state index in [0.29, 0.717) is 61.2 Å². The Morgan fingerprint density at radius 1 is 1.03 bits per heavy atom. The van der Waals surface area contributed by atoms with Gasteiger partial charge in [0.15, 0.2) is 0 Å². The molecule has 0 aliphatic carbocycles. The molecule has 1 aromatic heterocycles. The van der Waals surface area contributed by atoms with Crippen molar-refractivity contribution in [1.82, 2.24) is 14.2 Å². The predicted octanol–water partition coefficient (Wildman–Crippen LogP) is 4.54. The Bertz CT molecular complexity index is 1310. The van der Waals surface area contributed by atoms with E-state index in [1.807, 2.05) is 6.07 Å². The lowest BCUT2D eigenvalue weighted by Gasteiger charge is -2.31. The minimum absolute atomic E-state index is 0.0950. The van der Waals surface area contributed by atoms with Gasteiger partial charge in [-0.15, -0.1) is 0 Å². The van der Waals surface area contributed by atoms with Gasteiger partial charge in [-0.2, -0.15) is 9.29 Å². The number of fused-ring (bicyclic) bond motifs is 1. The maximum Gasteiger partial charge on any atom is 0.274 e. The zero-order valence-corrected chi connectivity index (χ0v) is 21.2. The van der Waals surface area contributed by atoms with Crippen molar-refractivity contribution >= 4 is 37.5 Å². The molecule has 186 valence electrons. The van der Waals surface area contributed by atoms with E-state index in [2.05, 4.69) is 11.9 Å². The molecule has 2 saturated heterocycles. The van der Waals surface area contributed by atoms with E-state index >= 15 is 0 Å². The molecule has 0 bridgehead atoms. The van der Waals surface area contributed by atoms with E-state index in [1.54, 1.807) is 23.1 Å². The Labute approximate surface area is 208 Å². The van der Waals surface area contributed by atoms with Crippen LogP contribution in [-0.2, 0) is 10.0 Å². The molecule has 10 heteroatoms. The monoisotopic (exact) mass is 517 g/mol. The van der Waals surface area contributed by atoms with E-state index in [9.17, 15) is 17.6 Å². The van der Waals surface area contributed by atoms with Gasteiger partial charge >= 0.3 is 0 Å². The summed E-state index contributed by atoms with van der Waals surface area (Å²) in [4.78, 5) is 19.2. The third-order valence-electron chi connectivity index (χ3n) is 6.83. The van der Waals surface area contributed by atoms with Gasteiger partial charge in [-0.1, -0.05) is 24.3 Å². The minimum Gasteiger partial charge on any atom is -0.467 e. The molecule has 35 heavy (non-hydrogen) atoms. The third kappa shape index (κ3) is 5.05. The highest BCUT2D eigenvalue weighted by Gasteiger charge is 2.29. The summed E-state index contributed by atoms with van der Waals surface area (Å²) >= 11 is 1.32. The number of amides is 1. The van der Waals surface area contributed by atoms with Crippen molar-refractivity contribution in [3.63, 3.8) is 0 Å². The first-order valence-corrected chi connectivity index (χ1v) is 14.2. The molecule has 3 heterocycles. The number of aromatic nitrogens is 1. The Hall–Kier alpha value is -2.56. The number of ether oxygens (including phenoxy) is 1. The second kappa shape index (κ2) is 9.83. The molecule has 2 aliphatic rings. The largest absolute Gasteiger partial charge is 0.467 e. The first-order valence-electron chi connectivity index (χ1n) is 11.9. The summed E-state index contributed by atoms with van der Waals surface area (Å²) in [6.07, 6.45) is 2.92. The molecule has 2 fully saturated rings. The molecule has 7 nitrogen and oxygen atoms in total. The molecule has 0 atom stereocenters. The van der Waals surface area contributed by atoms with Crippen LogP contribution in [0.5, 0.6) is 5.19 Å². The molecule has 1 amide bonds. The molecule has 0 radical (unpaired) electrons. The number of rotatable bonds is 5. The van der Waals surface area contributed by atoms with Crippen molar-refractivity contribution in [3.8, 4) is 5.19 Å². The molecule has 0 N–H and O–H groups in total. The molecule has 2 aromatic carbocycles. The fourth-order valence-electron chi connectivity index (χ4n) is 4.59. The number of hydrogen-bond acceptors (Lipinski definition) is 6. The first kappa shape index (κ1) is 24.1. The van der Waals surface area contributed by atoms with E-state index < -0.39 is 10.0 Å². The number of halogens is 1. The highest BCUT2D eigenvalue weighted by atomic mass is 32.2. The van der Waals surface area contributed by atoms with E-state index in [0.717, 1.165) is 17.5 Å². The Morgan fingerprint density at radius 3 is 2.37 bits per heavy atom. The highest BCUT2D eigenvalue weighted by molar-refractivity contribution is 7.89. The number of carbonyl (C=O) groups excluding carboxylic acids is 1. The quantitative estimate of drug-likeness (QED) is 0.497. The fraction of sp³-hybridized carbons (Fsp3) is 0.440. The number of benzene rings is 2. The lowest BCUT2D eigenvalue weighted by Crippen LogP contribution is -2.41. The number of sulfonamides is 1. The van der Waals surface area contributed by atoms with Crippen LogP contribution in [0.3, 0.4) is 0 Å². The summed E-state index contributed by atoms with van der Waals surface area (Å²) in [6, 6.07) is 11.1. The molecule has 5 rings (SSSR count). The molecule has 0 unspecified atom stereocenters. The summed E-state index contributed by atoms with van der Waals surface area (Å²) in [5.41, 5.74) is 0.789. The van der Waals surface area contributed by atoms with Crippen molar-refractivity contribution in [2.75, 3.05) is 26.2 Å². The topological polar surface area (TPSA) is 79.8 Å². The summed E-state index contributed by atoms with van der Waals surface area (Å²) in [7, 11) is -3.54. The van der Waals surface area contributed by atoms with Crippen molar-refractivity contribution in [3.05, 3.63) is 53.8 Å². The van der Waals surface area contributed by atoms with Crippen LogP contribution in [-0.4, -0.2) is 60.8 Å². The maximum absolute atomic E-state index is 13.9. The Balaban J connectivity index is 1.18. The van der Waals surface area contributed by atoms with Crippen molar-refractivity contribution in [1.29, 1.82) is 0 Å². The van der Waals surface area contributed by atoms with Gasteiger partial charge in [0.2, 0.25) is 10.0 Å². The number of likely N-dealkylation sites (tertiary alicyclic amines) is 1. The summed E-state index contributed by atoms with van der Waals surface area (Å²) < 4.78 is 48.0. The summed E-state index contributed by atoms with van der Waals surface area (Å²) in [5.74, 6) is 0.0554. The number of hydrogen-bond donors (Lipinski definition) is 0. The molecular weight excluding hydrogens is 489 g/mol. The number of para-hydroxylation sites is 1. The average Bonchev–Trinajstić information content (AvgIpc) is 3.28. The highest BCUT2D eigenvalue weighted by Crippen LogP contribution is 2.31. The maximum atomic E-state index is 13.9. The molecule has 3 aromatic rings. The number of piperidine rings is 2. The fourth-order valence-corrected chi connectivity index (χ4v) is 6.96. The van der Waals surface area contributed by atoms with Gasteiger partial charge in [-0.25, -0.2) is 12.8 Å². The third-order valence-corrected chi connectivity index (χ3v) is 9.65. The van der Waals surface area contributed by atoms with Crippen LogP contribution in [0.2, 0.25) is 0 Å². The van der Waals surface area contributed by atoms with E-state index in [4.69, 9.17) is 4.74 Å². The van der Waals surface area contributed by atoms with Gasteiger partial charge in [0.25, 0.3) is 11.1 Å². The summed E-state index contributed by atoms with van der Waals surface area (Å²) in [5, 5.41) is 0.440. The lowest BCUT2D eigenvalue weighted by molar-refractivity contribution is 0.0595. The number of thiazole rings is 1. The SMILES string of the molecule is CC1CCN(S(=O)(=O)c2ccc(C(=O)N3CCC(Oc4nc5c(F)cccc5s4)CC3)cc2)CC1. The molecule has 2 aliphatic heterocycles. The smallest absolute Gasteiger partial charge is 0.274 e. The van der Waals surface area contributed by atoms with Gasteiger partial charge in [0.05, 0.1) is 9.60 Å². The van der Waals surface area contributed by atoms with E-state index in [1.165, 1.54) is 33.8 Å². The van der Waals surface area contributed by atoms with Gasteiger partial charge < -0.3 is 9.64 Å².